The van der Waals surface area contributed by atoms with Crippen molar-refractivity contribution in [3.63, 3.8) is 0 Å². The van der Waals surface area contributed by atoms with Crippen LogP contribution in [-0.4, -0.2) is 2.78 Å². The standard InChI is InChI=1S/C31H20IN/c32-33-27-18-10-8-16-25(27)29-28(33)20-19-24-23-15-7-9-17-26(23)31(30(24)29,21-11-3-1-4-12-21)22-13-5-2-6-14-22/h1-20H. The molecule has 5 aromatic carbocycles. The third kappa shape index (κ3) is 2.42. The molecule has 2 heteroatoms. The van der Waals surface area contributed by atoms with Crippen LogP contribution in [0.4, 0.5) is 0 Å². The van der Waals surface area contributed by atoms with Gasteiger partial charge >= 0.3 is 0 Å². The molecule has 0 spiro atoms. The minimum atomic E-state index is -0.380. The molecule has 0 amide bonds. The van der Waals surface area contributed by atoms with Gasteiger partial charge in [-0.25, -0.2) is 0 Å². The normalized spacial score (nSPS) is 13.8. The summed E-state index contributed by atoms with van der Waals surface area (Å²) in [6.07, 6.45) is 0. The number of hydrogen-bond acceptors (Lipinski definition) is 0. The molecule has 0 radical (unpaired) electrons. The van der Waals surface area contributed by atoms with Gasteiger partial charge < -0.3 is 0 Å². The molecule has 6 aromatic rings. The zero-order valence-electron chi connectivity index (χ0n) is 17.9. The van der Waals surface area contributed by atoms with E-state index in [1.807, 2.05) is 0 Å². The lowest BCUT2D eigenvalue weighted by molar-refractivity contribution is 0.776. The van der Waals surface area contributed by atoms with Crippen LogP contribution < -0.4 is 0 Å². The van der Waals surface area contributed by atoms with Crippen molar-refractivity contribution in [2.75, 3.05) is 0 Å². The molecule has 0 atom stereocenters. The first kappa shape index (κ1) is 19.1. The number of rotatable bonds is 2. The summed E-state index contributed by atoms with van der Waals surface area (Å²) in [6, 6.07) is 44.5. The van der Waals surface area contributed by atoms with Crippen molar-refractivity contribution in [1.29, 1.82) is 0 Å². The number of benzene rings is 5. The van der Waals surface area contributed by atoms with Crippen molar-refractivity contribution in [3.8, 4) is 11.1 Å². The largest absolute Gasteiger partial charge is 0.282 e. The van der Waals surface area contributed by atoms with Gasteiger partial charge in [0.25, 0.3) is 0 Å². The SMILES string of the molecule is In1c2ccccc2c2c3c(ccc21)-c1ccccc1C3(c1ccccc1)c1ccccc1. The molecule has 0 unspecified atom stereocenters. The van der Waals surface area contributed by atoms with E-state index >= 15 is 0 Å². The van der Waals surface area contributed by atoms with Crippen LogP contribution >= 0.6 is 22.9 Å². The average Bonchev–Trinajstić information content (AvgIpc) is 3.36. The van der Waals surface area contributed by atoms with Gasteiger partial charge in [-0.2, -0.15) is 0 Å². The lowest BCUT2D eigenvalue weighted by Gasteiger charge is -2.34. The first-order valence-electron chi connectivity index (χ1n) is 11.3. The van der Waals surface area contributed by atoms with Crippen molar-refractivity contribution in [1.82, 2.24) is 2.78 Å². The molecular weight excluding hydrogens is 513 g/mol. The molecule has 0 aliphatic heterocycles. The second-order valence-corrected chi connectivity index (χ2v) is 9.67. The van der Waals surface area contributed by atoms with Crippen LogP contribution in [0.3, 0.4) is 0 Å². The van der Waals surface area contributed by atoms with Crippen molar-refractivity contribution >= 4 is 44.7 Å². The molecule has 0 bridgehead atoms. The number of aromatic nitrogens is 1. The molecule has 156 valence electrons. The summed E-state index contributed by atoms with van der Waals surface area (Å²) < 4.78 is 2.31. The van der Waals surface area contributed by atoms with Crippen LogP contribution in [0.5, 0.6) is 0 Å². The van der Waals surface area contributed by atoms with E-state index in [-0.39, 0.29) is 5.41 Å². The van der Waals surface area contributed by atoms with Crippen molar-refractivity contribution < 1.29 is 0 Å². The van der Waals surface area contributed by atoms with Gasteiger partial charge in [-0.3, -0.25) is 2.78 Å². The molecule has 1 aliphatic carbocycles. The Morgan fingerprint density at radius 2 is 1.12 bits per heavy atom. The maximum Gasteiger partial charge on any atom is 0.0720 e. The summed E-state index contributed by atoms with van der Waals surface area (Å²) >= 11 is 2.45. The zero-order chi connectivity index (χ0) is 22.0. The maximum absolute atomic E-state index is 2.45. The minimum absolute atomic E-state index is 0.380. The molecule has 0 saturated carbocycles. The van der Waals surface area contributed by atoms with Crippen molar-refractivity contribution in [2.24, 2.45) is 0 Å². The molecule has 1 aliphatic rings. The van der Waals surface area contributed by atoms with Crippen molar-refractivity contribution in [2.45, 2.75) is 5.41 Å². The molecule has 33 heavy (non-hydrogen) atoms. The fraction of sp³-hybridized carbons (Fsp3) is 0.0323. The highest BCUT2D eigenvalue weighted by Crippen LogP contribution is 2.59. The summed E-state index contributed by atoms with van der Waals surface area (Å²) in [6.45, 7) is 0. The van der Waals surface area contributed by atoms with E-state index in [1.165, 1.54) is 55.2 Å². The molecule has 1 nitrogen and oxygen atoms in total. The predicted molar refractivity (Wildman–Crippen MR) is 146 cm³/mol. The molecule has 0 N–H and O–H groups in total. The third-order valence-corrected chi connectivity index (χ3v) is 8.23. The Bertz CT molecular complexity index is 1620. The van der Waals surface area contributed by atoms with E-state index in [0.717, 1.165) is 0 Å². The Kier molecular flexibility index (Phi) is 4.09. The maximum atomic E-state index is 2.45. The summed E-state index contributed by atoms with van der Waals surface area (Å²) in [7, 11) is 0. The lowest BCUT2D eigenvalue weighted by atomic mass is 9.67. The monoisotopic (exact) mass is 533 g/mol. The van der Waals surface area contributed by atoms with Crippen LogP contribution in [0.15, 0.2) is 121 Å². The fourth-order valence-electron chi connectivity index (χ4n) is 5.95. The number of hydrogen-bond donors (Lipinski definition) is 0. The molecular formula is C31H20IN. The van der Waals surface area contributed by atoms with Crippen LogP contribution in [0.2, 0.25) is 0 Å². The topological polar surface area (TPSA) is 4.93 Å². The van der Waals surface area contributed by atoms with Crippen LogP contribution in [-0.2, 0) is 5.41 Å². The number of halogens is 1. The van der Waals surface area contributed by atoms with E-state index in [4.69, 9.17) is 0 Å². The quantitative estimate of drug-likeness (QED) is 0.197. The Morgan fingerprint density at radius 3 is 1.85 bits per heavy atom. The van der Waals surface area contributed by atoms with Crippen LogP contribution in [0, 0.1) is 0 Å². The summed E-state index contributed by atoms with van der Waals surface area (Å²) in [5.74, 6) is 0. The molecule has 0 saturated heterocycles. The number of nitrogens with zero attached hydrogens (tertiary/aromatic N) is 1. The van der Waals surface area contributed by atoms with E-state index in [1.54, 1.807) is 0 Å². The summed E-state index contributed by atoms with van der Waals surface area (Å²) in [5.41, 5.74) is 10.2. The van der Waals surface area contributed by atoms with Gasteiger partial charge in [0.05, 0.1) is 39.3 Å². The number of para-hydroxylation sites is 1. The van der Waals surface area contributed by atoms with Crippen LogP contribution in [0.1, 0.15) is 22.3 Å². The van der Waals surface area contributed by atoms with Gasteiger partial charge in [0, 0.05) is 10.8 Å². The highest BCUT2D eigenvalue weighted by molar-refractivity contribution is 14.1. The van der Waals surface area contributed by atoms with E-state index in [9.17, 15) is 0 Å². The van der Waals surface area contributed by atoms with Gasteiger partial charge in [-0.15, -0.1) is 0 Å². The minimum Gasteiger partial charge on any atom is -0.282 e. The summed E-state index contributed by atoms with van der Waals surface area (Å²) in [4.78, 5) is 0. The Labute approximate surface area is 206 Å². The zero-order valence-corrected chi connectivity index (χ0v) is 20.0. The second kappa shape index (κ2) is 7.06. The van der Waals surface area contributed by atoms with E-state index in [0.29, 0.717) is 0 Å². The van der Waals surface area contributed by atoms with Gasteiger partial charge in [0.15, 0.2) is 0 Å². The molecule has 7 rings (SSSR count). The molecule has 0 fully saturated rings. The van der Waals surface area contributed by atoms with Gasteiger partial charge in [0.1, 0.15) is 0 Å². The lowest BCUT2D eigenvalue weighted by Crippen LogP contribution is -2.28. The van der Waals surface area contributed by atoms with Crippen LogP contribution in [0.25, 0.3) is 32.9 Å². The Hall–Kier alpha value is -3.37. The fourth-order valence-corrected chi connectivity index (χ4v) is 6.77. The van der Waals surface area contributed by atoms with Gasteiger partial charge in [0.2, 0.25) is 0 Å². The first-order chi connectivity index (χ1) is 16.3. The first-order valence-corrected chi connectivity index (χ1v) is 12.2. The summed E-state index contributed by atoms with van der Waals surface area (Å²) in [5, 5.41) is 2.66. The third-order valence-electron chi connectivity index (χ3n) is 7.19. The van der Waals surface area contributed by atoms with Gasteiger partial charge in [-0.05, 0) is 45.5 Å². The second-order valence-electron chi connectivity index (χ2n) is 8.71. The highest BCUT2D eigenvalue weighted by Gasteiger charge is 2.47. The molecule has 1 heterocycles. The van der Waals surface area contributed by atoms with Crippen molar-refractivity contribution in [3.05, 3.63) is 144 Å². The molecule has 1 aromatic heterocycles. The van der Waals surface area contributed by atoms with E-state index in [2.05, 4.69) is 147 Å². The smallest absolute Gasteiger partial charge is 0.0720 e. The number of fused-ring (bicyclic) bond motifs is 7. The Morgan fingerprint density at radius 1 is 0.515 bits per heavy atom. The van der Waals surface area contributed by atoms with E-state index < -0.39 is 0 Å². The predicted octanol–water partition coefficient (Wildman–Crippen LogP) is 8.36. The Balaban J connectivity index is 1.79. The van der Waals surface area contributed by atoms with Gasteiger partial charge in [-0.1, -0.05) is 109 Å². The highest BCUT2D eigenvalue weighted by atomic mass is 127. The average molecular weight is 533 g/mol.